The largest absolute Gasteiger partial charge is 0.496 e. The third-order valence-electron chi connectivity index (χ3n) is 2.26. The van der Waals surface area contributed by atoms with Crippen LogP contribution in [-0.2, 0) is 0 Å². The van der Waals surface area contributed by atoms with Crippen molar-refractivity contribution in [2.45, 2.75) is 27.2 Å². The van der Waals surface area contributed by atoms with E-state index in [1.54, 1.807) is 20.1 Å². The molecule has 0 radical (unpaired) electrons. The van der Waals surface area contributed by atoms with Gasteiger partial charge in [-0.3, -0.25) is 0 Å². The fourth-order valence-electron chi connectivity index (χ4n) is 1.35. The predicted molar refractivity (Wildman–Crippen MR) is 60.2 cm³/mol. The molecule has 82 valence electrons. The van der Waals surface area contributed by atoms with Crippen LogP contribution in [0, 0.1) is 6.92 Å². The summed E-state index contributed by atoms with van der Waals surface area (Å²) in [6.45, 7) is 5.64. The van der Waals surface area contributed by atoms with Gasteiger partial charge in [-0.1, -0.05) is 13.0 Å². The van der Waals surface area contributed by atoms with Crippen molar-refractivity contribution in [3.8, 4) is 5.75 Å². The molecule has 0 saturated carbocycles. The number of allylic oxidation sites excluding steroid dienone is 2. The predicted octanol–water partition coefficient (Wildman–Crippen LogP) is 2.77. The summed E-state index contributed by atoms with van der Waals surface area (Å²) in [6, 6.07) is 1.75. The summed E-state index contributed by atoms with van der Waals surface area (Å²) in [4.78, 5) is 11.5. The molecule has 0 aromatic carbocycles. The van der Waals surface area contributed by atoms with Gasteiger partial charge in [-0.25, -0.2) is 4.79 Å². The lowest BCUT2D eigenvalue weighted by Gasteiger charge is -2.05. The van der Waals surface area contributed by atoms with Gasteiger partial charge in [-0.2, -0.15) is 0 Å². The normalized spacial score (nSPS) is 11.6. The van der Waals surface area contributed by atoms with Crippen molar-refractivity contribution < 1.29 is 9.15 Å². The molecule has 1 aromatic heterocycles. The van der Waals surface area contributed by atoms with Crippen molar-refractivity contribution in [3.63, 3.8) is 0 Å². The Morgan fingerprint density at radius 1 is 1.60 bits per heavy atom. The monoisotopic (exact) mass is 208 g/mol. The maximum Gasteiger partial charge on any atom is 0.342 e. The van der Waals surface area contributed by atoms with Crippen LogP contribution in [0.2, 0.25) is 0 Å². The van der Waals surface area contributed by atoms with Crippen LogP contribution in [0.15, 0.2) is 21.4 Å². The van der Waals surface area contributed by atoms with Crippen molar-refractivity contribution in [2.75, 3.05) is 7.11 Å². The van der Waals surface area contributed by atoms with Crippen LogP contribution in [0.25, 0.3) is 5.57 Å². The molecule has 0 fully saturated rings. The Morgan fingerprint density at radius 2 is 2.27 bits per heavy atom. The molecule has 0 aliphatic rings. The Bertz CT molecular complexity index is 427. The van der Waals surface area contributed by atoms with E-state index < -0.39 is 0 Å². The maximum atomic E-state index is 11.5. The van der Waals surface area contributed by atoms with Crippen LogP contribution in [0.1, 0.15) is 31.6 Å². The highest BCUT2D eigenvalue weighted by atomic mass is 16.5. The summed E-state index contributed by atoms with van der Waals surface area (Å²) >= 11 is 0. The van der Waals surface area contributed by atoms with Gasteiger partial charge in [0.15, 0.2) is 0 Å². The first-order valence-electron chi connectivity index (χ1n) is 4.96. The van der Waals surface area contributed by atoms with E-state index in [0.717, 1.165) is 12.0 Å². The highest BCUT2D eigenvalue weighted by Crippen LogP contribution is 2.20. The van der Waals surface area contributed by atoms with Gasteiger partial charge in [-0.15, -0.1) is 0 Å². The Hall–Kier alpha value is -1.51. The van der Waals surface area contributed by atoms with E-state index in [0.29, 0.717) is 17.1 Å². The van der Waals surface area contributed by atoms with Crippen LogP contribution in [0.5, 0.6) is 5.75 Å². The lowest BCUT2D eigenvalue weighted by molar-refractivity contribution is 0.395. The topological polar surface area (TPSA) is 39.4 Å². The molecular formula is C12H16O3. The summed E-state index contributed by atoms with van der Waals surface area (Å²) < 4.78 is 10.3. The van der Waals surface area contributed by atoms with Crippen molar-refractivity contribution in [1.29, 1.82) is 0 Å². The highest BCUT2D eigenvalue weighted by Gasteiger charge is 2.08. The molecule has 0 N–H and O–H groups in total. The second kappa shape index (κ2) is 4.82. The smallest absolute Gasteiger partial charge is 0.342 e. The van der Waals surface area contributed by atoms with Gasteiger partial charge in [-0.05, 0) is 25.8 Å². The molecule has 0 bridgehead atoms. The second-order valence-corrected chi connectivity index (χ2v) is 3.39. The quantitative estimate of drug-likeness (QED) is 0.766. The van der Waals surface area contributed by atoms with Gasteiger partial charge >= 0.3 is 5.63 Å². The number of rotatable bonds is 3. The van der Waals surface area contributed by atoms with Gasteiger partial charge < -0.3 is 9.15 Å². The highest BCUT2D eigenvalue weighted by molar-refractivity contribution is 5.60. The third-order valence-corrected chi connectivity index (χ3v) is 2.26. The van der Waals surface area contributed by atoms with Crippen molar-refractivity contribution in [3.05, 3.63) is 33.9 Å². The minimum atomic E-state index is -0.340. The third kappa shape index (κ3) is 2.49. The first-order valence-corrected chi connectivity index (χ1v) is 4.96. The number of methoxy groups -OCH3 is 1. The molecule has 0 amide bonds. The molecule has 1 aromatic rings. The molecule has 3 nitrogen and oxygen atoms in total. The van der Waals surface area contributed by atoms with Gasteiger partial charge in [0.1, 0.15) is 11.5 Å². The Labute approximate surface area is 89.4 Å². The average molecular weight is 208 g/mol. The maximum absolute atomic E-state index is 11.5. The lowest BCUT2D eigenvalue weighted by atomic mass is 10.1. The Morgan fingerprint density at radius 3 is 2.80 bits per heavy atom. The minimum absolute atomic E-state index is 0.340. The first-order chi connectivity index (χ1) is 7.10. The Balaban J connectivity index is 3.29. The molecule has 3 heteroatoms. The summed E-state index contributed by atoms with van der Waals surface area (Å²) in [5, 5.41) is 0. The van der Waals surface area contributed by atoms with Crippen LogP contribution in [0.4, 0.5) is 0 Å². The lowest BCUT2D eigenvalue weighted by Crippen LogP contribution is -2.06. The van der Waals surface area contributed by atoms with Gasteiger partial charge in [0.25, 0.3) is 0 Å². The standard InChI is InChI=1S/C12H16O3/c1-5-6-8(2)10-7-11(14-4)9(3)12(13)15-10/h6-7H,5H2,1-4H3/b8-6+. The fourth-order valence-corrected chi connectivity index (χ4v) is 1.35. The van der Waals surface area contributed by atoms with E-state index in [2.05, 4.69) is 0 Å². The van der Waals surface area contributed by atoms with Crippen LogP contribution >= 0.6 is 0 Å². The summed E-state index contributed by atoms with van der Waals surface area (Å²) in [5.74, 6) is 1.15. The molecule has 1 heterocycles. The Kier molecular flexibility index (Phi) is 3.72. The molecule has 0 saturated heterocycles. The SMILES string of the molecule is CC/C=C(\C)c1cc(OC)c(C)c(=O)o1. The molecule has 15 heavy (non-hydrogen) atoms. The van der Waals surface area contributed by atoms with Gasteiger partial charge in [0.2, 0.25) is 0 Å². The first kappa shape index (κ1) is 11.6. The number of hydrogen-bond donors (Lipinski definition) is 0. The summed E-state index contributed by atoms with van der Waals surface area (Å²) in [7, 11) is 1.55. The van der Waals surface area contributed by atoms with Crippen molar-refractivity contribution in [2.24, 2.45) is 0 Å². The number of ether oxygens (including phenoxy) is 1. The van der Waals surface area contributed by atoms with Gasteiger partial charge in [0, 0.05) is 6.07 Å². The van der Waals surface area contributed by atoms with E-state index in [4.69, 9.17) is 9.15 Å². The van der Waals surface area contributed by atoms with E-state index in [1.807, 2.05) is 19.9 Å². The van der Waals surface area contributed by atoms with Crippen molar-refractivity contribution in [1.82, 2.24) is 0 Å². The molecular weight excluding hydrogens is 192 g/mol. The van der Waals surface area contributed by atoms with Crippen LogP contribution < -0.4 is 10.4 Å². The molecule has 0 aliphatic heterocycles. The summed E-state index contributed by atoms with van der Waals surface area (Å²) in [5.41, 5.74) is 1.12. The zero-order valence-corrected chi connectivity index (χ0v) is 9.59. The molecule has 0 aliphatic carbocycles. The van der Waals surface area contributed by atoms with E-state index in [-0.39, 0.29) is 5.63 Å². The van der Waals surface area contributed by atoms with Crippen molar-refractivity contribution >= 4 is 5.57 Å². The zero-order chi connectivity index (χ0) is 11.4. The fraction of sp³-hybridized carbons (Fsp3) is 0.417. The van der Waals surface area contributed by atoms with E-state index in [1.165, 1.54) is 0 Å². The van der Waals surface area contributed by atoms with Crippen LogP contribution in [0.3, 0.4) is 0 Å². The number of hydrogen-bond acceptors (Lipinski definition) is 3. The second-order valence-electron chi connectivity index (χ2n) is 3.39. The summed E-state index contributed by atoms with van der Waals surface area (Å²) in [6.07, 6.45) is 2.92. The van der Waals surface area contributed by atoms with Crippen LogP contribution in [-0.4, -0.2) is 7.11 Å². The van der Waals surface area contributed by atoms with E-state index >= 15 is 0 Å². The minimum Gasteiger partial charge on any atom is -0.496 e. The molecule has 0 unspecified atom stereocenters. The molecule has 1 rings (SSSR count). The zero-order valence-electron chi connectivity index (χ0n) is 9.59. The molecule has 0 atom stereocenters. The molecule has 0 spiro atoms. The van der Waals surface area contributed by atoms with Gasteiger partial charge in [0.05, 0.1) is 12.7 Å². The van der Waals surface area contributed by atoms with E-state index in [9.17, 15) is 4.79 Å². The average Bonchev–Trinajstić information content (AvgIpc) is 2.22.